The number of aromatic amines is 1. The first kappa shape index (κ1) is 16.7. The second-order valence-electron chi connectivity index (χ2n) is 6.07. The number of ketones is 1. The van der Waals surface area contributed by atoms with Crippen molar-refractivity contribution in [2.75, 3.05) is 7.11 Å². The molecular weight excluding hydrogens is 328 g/mol. The minimum atomic E-state index is -0.467. The van der Waals surface area contributed by atoms with Gasteiger partial charge in [0, 0.05) is 16.3 Å². The number of nitrogens with one attached hydrogen (secondary N) is 1. The van der Waals surface area contributed by atoms with Crippen molar-refractivity contribution in [3.8, 4) is 0 Å². The van der Waals surface area contributed by atoms with Crippen LogP contribution in [-0.4, -0.2) is 28.4 Å². The molecule has 0 saturated heterocycles. The van der Waals surface area contributed by atoms with Crippen LogP contribution in [0.25, 0.3) is 0 Å². The van der Waals surface area contributed by atoms with Gasteiger partial charge in [-0.1, -0.05) is 11.3 Å². The van der Waals surface area contributed by atoms with Gasteiger partial charge in [-0.3, -0.25) is 14.2 Å². The van der Waals surface area contributed by atoms with Crippen LogP contribution in [0.4, 0.5) is 0 Å². The van der Waals surface area contributed by atoms with Crippen LogP contribution in [0.15, 0.2) is 4.79 Å². The number of ether oxygens (including phenoxy) is 1. The van der Waals surface area contributed by atoms with Gasteiger partial charge in [-0.25, -0.2) is 4.79 Å². The largest absolute Gasteiger partial charge is 0.465 e. The fourth-order valence-electron chi connectivity index (χ4n) is 3.35. The van der Waals surface area contributed by atoms with Crippen LogP contribution in [0, 0.1) is 13.8 Å². The van der Waals surface area contributed by atoms with E-state index < -0.39 is 5.97 Å². The summed E-state index contributed by atoms with van der Waals surface area (Å²) >= 11 is 1.25. The van der Waals surface area contributed by atoms with Crippen molar-refractivity contribution in [1.29, 1.82) is 0 Å². The first-order valence-corrected chi connectivity index (χ1v) is 8.77. The van der Waals surface area contributed by atoms with Crippen molar-refractivity contribution in [3.05, 3.63) is 42.8 Å². The Labute approximate surface area is 143 Å². The minimum absolute atomic E-state index is 0.00602. The number of Topliss-reactive ketones (excluding diaryl/α,β-unsaturated/α-hetero) is 1. The number of methoxy groups -OCH3 is 1. The molecule has 6 nitrogen and oxygen atoms in total. The topological polar surface area (TPSA) is 81.2 Å². The zero-order valence-corrected chi connectivity index (χ0v) is 14.8. The Bertz CT molecular complexity index is 872. The van der Waals surface area contributed by atoms with E-state index in [0.29, 0.717) is 22.5 Å². The lowest BCUT2D eigenvalue weighted by atomic mass is 10.0. The molecule has 1 aliphatic carbocycles. The first-order valence-electron chi connectivity index (χ1n) is 7.96. The van der Waals surface area contributed by atoms with E-state index in [0.717, 1.165) is 36.3 Å². The number of nitrogens with zero attached hydrogens (tertiary/aromatic N) is 1. The van der Waals surface area contributed by atoms with E-state index in [4.69, 9.17) is 4.74 Å². The number of aromatic nitrogens is 2. The normalized spacial score (nSPS) is 13.6. The van der Waals surface area contributed by atoms with Crippen molar-refractivity contribution in [2.24, 2.45) is 0 Å². The number of hydrogen-bond donors (Lipinski definition) is 1. The second kappa shape index (κ2) is 6.39. The molecule has 0 aliphatic heterocycles. The van der Waals surface area contributed by atoms with Gasteiger partial charge in [-0.2, -0.15) is 0 Å². The first-order chi connectivity index (χ1) is 11.4. The third-order valence-electron chi connectivity index (χ3n) is 4.55. The van der Waals surface area contributed by atoms with Crippen LogP contribution in [0.1, 0.15) is 55.5 Å². The van der Waals surface area contributed by atoms with Crippen molar-refractivity contribution < 1.29 is 14.3 Å². The standard InChI is InChI=1S/C17H20N2O4S/c1-9-14(16(21)23-3)10(2)18-15(9)12(20)8-19-11-6-4-5-7-13(11)24-17(19)22/h18H,4-8H2,1-3H3. The maximum Gasteiger partial charge on any atom is 0.339 e. The zero-order chi connectivity index (χ0) is 17.4. The zero-order valence-electron chi connectivity index (χ0n) is 14.0. The Morgan fingerprint density at radius 2 is 1.96 bits per heavy atom. The molecule has 0 saturated carbocycles. The highest BCUT2D eigenvalue weighted by molar-refractivity contribution is 7.09. The summed E-state index contributed by atoms with van der Waals surface area (Å²) in [7, 11) is 1.31. The Morgan fingerprint density at radius 3 is 2.67 bits per heavy atom. The molecular formula is C17H20N2O4S. The van der Waals surface area contributed by atoms with Gasteiger partial charge in [-0.05, 0) is 45.1 Å². The fraction of sp³-hybridized carbons (Fsp3) is 0.471. The molecule has 0 bridgehead atoms. The number of fused-ring (bicyclic) bond motifs is 1. The van der Waals surface area contributed by atoms with Gasteiger partial charge in [0.15, 0.2) is 5.78 Å². The number of H-pyrrole nitrogens is 1. The summed E-state index contributed by atoms with van der Waals surface area (Å²) in [5.41, 5.74) is 2.93. The molecule has 7 heteroatoms. The van der Waals surface area contributed by atoms with Crippen LogP contribution < -0.4 is 4.87 Å². The predicted molar refractivity (Wildman–Crippen MR) is 91.2 cm³/mol. The van der Waals surface area contributed by atoms with E-state index in [1.165, 1.54) is 18.4 Å². The molecule has 0 spiro atoms. The van der Waals surface area contributed by atoms with E-state index in [9.17, 15) is 14.4 Å². The number of thiazole rings is 1. The molecule has 3 rings (SSSR count). The highest BCUT2D eigenvalue weighted by Gasteiger charge is 2.25. The summed E-state index contributed by atoms with van der Waals surface area (Å²) in [4.78, 5) is 40.8. The van der Waals surface area contributed by atoms with Crippen LogP contribution in [0.3, 0.4) is 0 Å². The van der Waals surface area contributed by atoms with Crippen LogP contribution in [-0.2, 0) is 24.1 Å². The number of carbonyl (C=O) groups is 2. The Balaban J connectivity index is 1.93. The number of hydrogen-bond acceptors (Lipinski definition) is 5. The molecule has 0 atom stereocenters. The maximum atomic E-state index is 12.7. The van der Waals surface area contributed by atoms with E-state index in [1.54, 1.807) is 18.4 Å². The van der Waals surface area contributed by atoms with Gasteiger partial charge >= 0.3 is 10.8 Å². The summed E-state index contributed by atoms with van der Waals surface area (Å²) in [6.45, 7) is 3.45. The summed E-state index contributed by atoms with van der Waals surface area (Å²) in [5, 5.41) is 0. The van der Waals surface area contributed by atoms with Gasteiger partial charge in [0.2, 0.25) is 0 Å². The Morgan fingerprint density at radius 1 is 1.25 bits per heavy atom. The van der Waals surface area contributed by atoms with E-state index in [-0.39, 0.29) is 17.2 Å². The van der Waals surface area contributed by atoms with Gasteiger partial charge in [0.25, 0.3) is 0 Å². The molecule has 2 heterocycles. The lowest BCUT2D eigenvalue weighted by molar-refractivity contribution is 0.0599. The monoisotopic (exact) mass is 348 g/mol. The smallest absolute Gasteiger partial charge is 0.339 e. The summed E-state index contributed by atoms with van der Waals surface area (Å²) in [6.07, 6.45) is 3.91. The summed E-state index contributed by atoms with van der Waals surface area (Å²) < 4.78 is 6.36. The Kier molecular flexibility index (Phi) is 4.45. The third-order valence-corrected chi connectivity index (χ3v) is 5.63. The lowest BCUT2D eigenvalue weighted by Gasteiger charge is -2.13. The summed E-state index contributed by atoms with van der Waals surface area (Å²) in [6, 6.07) is 0. The molecule has 0 amide bonds. The van der Waals surface area contributed by atoms with Gasteiger partial charge in [0.1, 0.15) is 0 Å². The number of rotatable bonds is 4. The molecule has 1 aliphatic rings. The molecule has 2 aromatic heterocycles. The number of esters is 1. The Hall–Kier alpha value is -2.15. The molecule has 0 aromatic carbocycles. The highest BCUT2D eigenvalue weighted by atomic mass is 32.1. The van der Waals surface area contributed by atoms with Crippen molar-refractivity contribution >= 4 is 23.1 Å². The van der Waals surface area contributed by atoms with E-state index >= 15 is 0 Å². The number of carbonyl (C=O) groups excluding carboxylic acids is 2. The molecule has 0 radical (unpaired) electrons. The fourth-order valence-corrected chi connectivity index (χ4v) is 4.42. The van der Waals surface area contributed by atoms with Gasteiger partial charge < -0.3 is 9.72 Å². The third kappa shape index (κ3) is 2.73. The second-order valence-corrected chi connectivity index (χ2v) is 7.12. The van der Waals surface area contributed by atoms with E-state index in [1.807, 2.05) is 0 Å². The van der Waals surface area contributed by atoms with Gasteiger partial charge in [-0.15, -0.1) is 0 Å². The average molecular weight is 348 g/mol. The van der Waals surface area contributed by atoms with Crippen LogP contribution in [0.2, 0.25) is 0 Å². The van der Waals surface area contributed by atoms with Crippen molar-refractivity contribution in [2.45, 2.75) is 46.1 Å². The van der Waals surface area contributed by atoms with Crippen LogP contribution in [0.5, 0.6) is 0 Å². The van der Waals surface area contributed by atoms with Crippen molar-refractivity contribution in [3.63, 3.8) is 0 Å². The molecule has 0 fully saturated rings. The van der Waals surface area contributed by atoms with Gasteiger partial charge in [0.05, 0.1) is 24.9 Å². The minimum Gasteiger partial charge on any atom is -0.465 e. The molecule has 1 N–H and O–H groups in total. The van der Waals surface area contributed by atoms with Crippen molar-refractivity contribution in [1.82, 2.24) is 9.55 Å². The molecule has 128 valence electrons. The molecule has 24 heavy (non-hydrogen) atoms. The predicted octanol–water partition coefficient (Wildman–Crippen LogP) is 2.40. The lowest BCUT2D eigenvalue weighted by Crippen LogP contribution is -2.23. The molecule has 0 unspecified atom stereocenters. The SMILES string of the molecule is COC(=O)c1c(C)[nH]c(C(=O)Cn2c3c(sc2=O)CCCC3)c1C. The quantitative estimate of drug-likeness (QED) is 0.679. The van der Waals surface area contributed by atoms with E-state index in [2.05, 4.69) is 4.98 Å². The van der Waals surface area contributed by atoms with Crippen LogP contribution >= 0.6 is 11.3 Å². The average Bonchev–Trinajstić information content (AvgIpc) is 3.03. The summed E-state index contributed by atoms with van der Waals surface area (Å²) in [5.74, 6) is -0.663. The maximum absolute atomic E-state index is 12.7. The molecule has 2 aromatic rings. The highest BCUT2D eigenvalue weighted by Crippen LogP contribution is 2.24. The number of aryl methyl sites for hydroxylation is 2.